The summed E-state index contributed by atoms with van der Waals surface area (Å²) in [5.74, 6) is -0.350. The molecule has 2 unspecified atom stereocenters. The first-order valence-electron chi connectivity index (χ1n) is 23.7. The summed E-state index contributed by atoms with van der Waals surface area (Å²) in [6.45, 7) is 5.22. The number of phosphoric acid groups is 1. The van der Waals surface area contributed by atoms with Crippen LogP contribution >= 0.6 is 7.82 Å². The highest BCUT2D eigenvalue weighted by molar-refractivity contribution is 7.45. The lowest BCUT2D eigenvalue weighted by atomic mass is 10.1. The zero-order chi connectivity index (χ0) is 43.4. The van der Waals surface area contributed by atoms with E-state index in [0.717, 1.165) is 83.5 Å². The fraction of sp³-hybridized carbons (Fsp3) is 0.740. The van der Waals surface area contributed by atoms with Gasteiger partial charge in [0.1, 0.15) is 19.3 Å². The molecule has 9 heteroatoms. The number of hydrogen-bond acceptors (Lipinski definition) is 7. The minimum atomic E-state index is -4.54. The van der Waals surface area contributed by atoms with Crippen LogP contribution < -0.4 is 4.89 Å². The average Bonchev–Trinajstić information content (AvgIpc) is 3.19. The normalized spacial score (nSPS) is 14.3. The van der Waals surface area contributed by atoms with E-state index in [2.05, 4.69) is 86.8 Å². The van der Waals surface area contributed by atoms with E-state index in [-0.39, 0.29) is 25.8 Å². The summed E-state index contributed by atoms with van der Waals surface area (Å²) < 4.78 is 34.6. The number of unbranched alkanes of at least 4 members (excludes halogenated alkanes) is 17. The van der Waals surface area contributed by atoms with Gasteiger partial charge < -0.3 is 27.9 Å². The summed E-state index contributed by atoms with van der Waals surface area (Å²) in [4.78, 5) is 25.1. The Hall–Kier alpha value is -2.06. The van der Waals surface area contributed by atoms with Crippen molar-refractivity contribution in [1.29, 1.82) is 0 Å². The Kier molecular flexibility index (Phi) is 41.1. The van der Waals surface area contributed by atoms with Crippen LogP contribution in [0.5, 0.6) is 0 Å². The molecular formula is C50H90NO7P. The maximum atomic E-state index is 12.7. The maximum Gasteiger partial charge on any atom is 0.306 e. The Labute approximate surface area is 363 Å². The van der Waals surface area contributed by atoms with Crippen molar-refractivity contribution in [2.24, 2.45) is 0 Å². The summed E-state index contributed by atoms with van der Waals surface area (Å²) in [5, 5.41) is 0. The fourth-order valence-corrected chi connectivity index (χ4v) is 6.82. The number of hydrogen-bond donors (Lipinski definition) is 0. The smallest absolute Gasteiger partial charge is 0.306 e. The standard InChI is InChI=1S/C50H90NO7P/c1-6-8-10-12-14-16-18-20-22-24-25-26-28-30-32-34-36-38-40-42-45-55-47-49(48-57-59(53,54)56-46-44-51(3,4)5)58-50(52)43-41-39-37-35-33-31-29-27-23-21-19-17-15-13-11-9-7-2/h8,10,14,16,20-23,25-26,30,32,49H,6-7,9,11-13,15,17-19,24,27-29,31,33-48H2,1-5H3/b10-8-,16-14-,22-20-,23-21-,26-25-,32-30-. The second-order valence-corrected chi connectivity index (χ2v) is 18.1. The second-order valence-electron chi connectivity index (χ2n) is 16.7. The molecule has 0 aliphatic carbocycles. The Morgan fingerprint density at radius 3 is 1.49 bits per heavy atom. The predicted molar refractivity (Wildman–Crippen MR) is 249 cm³/mol. The molecule has 0 radical (unpaired) electrons. The largest absolute Gasteiger partial charge is 0.756 e. The second kappa shape index (κ2) is 42.6. The molecule has 0 saturated heterocycles. The van der Waals surface area contributed by atoms with Crippen LogP contribution in [0.1, 0.15) is 181 Å². The van der Waals surface area contributed by atoms with E-state index in [1.165, 1.54) is 77.0 Å². The summed E-state index contributed by atoms with van der Waals surface area (Å²) in [7, 11) is 1.33. The van der Waals surface area contributed by atoms with E-state index >= 15 is 0 Å². The lowest BCUT2D eigenvalue weighted by Crippen LogP contribution is -2.37. The van der Waals surface area contributed by atoms with Gasteiger partial charge >= 0.3 is 5.97 Å². The van der Waals surface area contributed by atoms with Gasteiger partial charge in [0.2, 0.25) is 0 Å². The SMILES string of the molecule is CC/C=C\C/C=C\C/C=C\C/C=C\C/C=C\CCCCCCOCC(COP(=O)([O-])OCC[N+](C)(C)C)OC(=O)CCCCCCCCC/C=C\CCCCCCCC. The number of carbonyl (C=O) groups is 1. The van der Waals surface area contributed by atoms with Gasteiger partial charge in [0.15, 0.2) is 0 Å². The van der Waals surface area contributed by atoms with Crippen molar-refractivity contribution in [2.45, 2.75) is 187 Å². The van der Waals surface area contributed by atoms with E-state index in [4.69, 9.17) is 18.5 Å². The van der Waals surface area contributed by atoms with Gasteiger partial charge in [-0.3, -0.25) is 9.36 Å². The number of carbonyl (C=O) groups excluding carboxylic acids is 1. The molecule has 8 nitrogen and oxygen atoms in total. The van der Waals surface area contributed by atoms with Gasteiger partial charge in [-0.1, -0.05) is 164 Å². The van der Waals surface area contributed by atoms with Crippen molar-refractivity contribution in [2.75, 3.05) is 54.1 Å². The van der Waals surface area contributed by atoms with Gasteiger partial charge in [-0.2, -0.15) is 0 Å². The van der Waals surface area contributed by atoms with Crippen LogP contribution in [0, 0.1) is 0 Å². The number of nitrogens with zero attached hydrogens (tertiary/aromatic N) is 1. The van der Waals surface area contributed by atoms with Crippen molar-refractivity contribution in [3.63, 3.8) is 0 Å². The highest BCUT2D eigenvalue weighted by Crippen LogP contribution is 2.38. The van der Waals surface area contributed by atoms with Crippen LogP contribution in [-0.4, -0.2) is 70.7 Å². The molecule has 0 amide bonds. The van der Waals surface area contributed by atoms with E-state index in [9.17, 15) is 14.3 Å². The number of esters is 1. The van der Waals surface area contributed by atoms with Crippen LogP contribution in [0.25, 0.3) is 0 Å². The third-order valence-corrected chi connectivity index (χ3v) is 10.7. The van der Waals surface area contributed by atoms with Crippen LogP contribution in [-0.2, 0) is 27.9 Å². The minimum Gasteiger partial charge on any atom is -0.756 e. The first kappa shape index (κ1) is 56.9. The Morgan fingerprint density at radius 1 is 0.542 bits per heavy atom. The van der Waals surface area contributed by atoms with Gasteiger partial charge in [-0.25, -0.2) is 0 Å². The fourth-order valence-electron chi connectivity index (χ4n) is 6.10. The molecule has 59 heavy (non-hydrogen) atoms. The molecule has 0 spiro atoms. The lowest BCUT2D eigenvalue weighted by Gasteiger charge is -2.28. The van der Waals surface area contributed by atoms with Gasteiger partial charge in [0, 0.05) is 13.0 Å². The molecule has 0 fully saturated rings. The quantitative estimate of drug-likeness (QED) is 0.0198. The molecule has 0 aromatic rings. The Balaban J connectivity index is 4.27. The molecule has 342 valence electrons. The molecule has 0 heterocycles. The molecule has 2 atom stereocenters. The third-order valence-electron chi connectivity index (χ3n) is 9.74. The summed E-state index contributed by atoms with van der Waals surface area (Å²) in [5.41, 5.74) is 0. The van der Waals surface area contributed by atoms with Gasteiger partial charge in [-0.05, 0) is 83.5 Å². The van der Waals surface area contributed by atoms with E-state index in [1.807, 2.05) is 21.1 Å². The number of quaternary nitrogens is 1. The van der Waals surface area contributed by atoms with Crippen molar-refractivity contribution < 1.29 is 37.3 Å². The van der Waals surface area contributed by atoms with Crippen LogP contribution in [0.3, 0.4) is 0 Å². The Bertz CT molecular complexity index is 1170. The zero-order valence-corrected chi connectivity index (χ0v) is 39.6. The zero-order valence-electron chi connectivity index (χ0n) is 38.7. The maximum absolute atomic E-state index is 12.7. The van der Waals surface area contributed by atoms with Crippen LogP contribution in [0.15, 0.2) is 72.9 Å². The number of allylic oxidation sites excluding steroid dienone is 12. The highest BCUT2D eigenvalue weighted by Gasteiger charge is 2.20. The molecule has 0 saturated carbocycles. The molecule has 0 N–H and O–H groups in total. The summed E-state index contributed by atoms with van der Waals surface area (Å²) in [6.07, 6.45) is 54.9. The number of ether oxygens (including phenoxy) is 2. The topological polar surface area (TPSA) is 94.1 Å². The molecule has 0 aliphatic rings. The third kappa shape index (κ3) is 46.9. The summed E-state index contributed by atoms with van der Waals surface area (Å²) in [6, 6.07) is 0. The minimum absolute atomic E-state index is 0.0165. The van der Waals surface area contributed by atoms with Crippen molar-refractivity contribution in [1.82, 2.24) is 0 Å². The number of rotatable bonds is 43. The molecule has 0 bridgehead atoms. The van der Waals surface area contributed by atoms with E-state index in [0.29, 0.717) is 24.1 Å². The van der Waals surface area contributed by atoms with Crippen LogP contribution in [0.2, 0.25) is 0 Å². The van der Waals surface area contributed by atoms with Gasteiger partial charge in [0.25, 0.3) is 7.82 Å². The molecule has 0 aliphatic heterocycles. The molecule has 0 aromatic carbocycles. The average molecular weight is 848 g/mol. The number of likely N-dealkylation sites (N-methyl/N-ethyl adjacent to an activating group) is 1. The van der Waals surface area contributed by atoms with Gasteiger partial charge in [0.05, 0.1) is 34.4 Å². The molecular weight excluding hydrogens is 758 g/mol. The van der Waals surface area contributed by atoms with E-state index in [1.54, 1.807) is 0 Å². The van der Waals surface area contributed by atoms with Gasteiger partial charge in [-0.15, -0.1) is 0 Å². The van der Waals surface area contributed by atoms with Crippen molar-refractivity contribution >= 4 is 13.8 Å². The summed E-state index contributed by atoms with van der Waals surface area (Å²) >= 11 is 0. The van der Waals surface area contributed by atoms with Crippen molar-refractivity contribution in [3.8, 4) is 0 Å². The first-order valence-corrected chi connectivity index (χ1v) is 25.1. The first-order chi connectivity index (χ1) is 28.6. The monoisotopic (exact) mass is 848 g/mol. The van der Waals surface area contributed by atoms with Crippen LogP contribution in [0.4, 0.5) is 0 Å². The van der Waals surface area contributed by atoms with E-state index < -0.39 is 13.9 Å². The molecule has 0 rings (SSSR count). The number of phosphoric ester groups is 1. The highest BCUT2D eigenvalue weighted by atomic mass is 31.2. The van der Waals surface area contributed by atoms with Crippen molar-refractivity contribution in [3.05, 3.63) is 72.9 Å². The lowest BCUT2D eigenvalue weighted by molar-refractivity contribution is -0.870. The Morgan fingerprint density at radius 2 is 0.983 bits per heavy atom. The molecule has 0 aromatic heterocycles. The predicted octanol–water partition coefficient (Wildman–Crippen LogP) is 13.6.